The standard InChI is InChI=1S/C22H23N3O4S2/c1-16-14-22(24-20-5-3-2-4-19(16)20)30-15-21(26)23-17-6-8-18(9-7-17)31(27,28)25-10-12-29-13-11-25/h2-9,14H,10-13,15H2,1H3,(H,23,26). The number of sulfonamides is 1. The summed E-state index contributed by atoms with van der Waals surface area (Å²) in [7, 11) is -3.55. The Hall–Kier alpha value is -2.46. The highest BCUT2D eigenvalue weighted by molar-refractivity contribution is 7.99. The number of morpholine rings is 1. The highest BCUT2D eigenvalue weighted by Gasteiger charge is 2.26. The maximum atomic E-state index is 12.7. The number of rotatable bonds is 6. The van der Waals surface area contributed by atoms with E-state index in [0.29, 0.717) is 32.0 Å². The van der Waals surface area contributed by atoms with E-state index >= 15 is 0 Å². The lowest BCUT2D eigenvalue weighted by molar-refractivity contribution is -0.113. The van der Waals surface area contributed by atoms with Crippen LogP contribution in [0.25, 0.3) is 10.9 Å². The van der Waals surface area contributed by atoms with Gasteiger partial charge >= 0.3 is 0 Å². The van der Waals surface area contributed by atoms with Gasteiger partial charge in [-0.15, -0.1) is 0 Å². The van der Waals surface area contributed by atoms with Crippen LogP contribution in [-0.2, 0) is 19.6 Å². The molecule has 0 aliphatic carbocycles. The quantitative estimate of drug-likeness (QED) is 0.572. The molecule has 2 aromatic carbocycles. The maximum Gasteiger partial charge on any atom is 0.243 e. The molecule has 0 bridgehead atoms. The largest absolute Gasteiger partial charge is 0.379 e. The monoisotopic (exact) mass is 457 g/mol. The molecule has 1 fully saturated rings. The van der Waals surface area contributed by atoms with Crippen molar-refractivity contribution in [2.45, 2.75) is 16.8 Å². The highest BCUT2D eigenvalue weighted by atomic mass is 32.2. The van der Waals surface area contributed by atoms with Crippen molar-refractivity contribution >= 4 is 44.3 Å². The van der Waals surface area contributed by atoms with E-state index < -0.39 is 10.0 Å². The maximum absolute atomic E-state index is 12.7. The van der Waals surface area contributed by atoms with Crippen LogP contribution < -0.4 is 5.32 Å². The van der Waals surface area contributed by atoms with Gasteiger partial charge in [-0.1, -0.05) is 30.0 Å². The van der Waals surface area contributed by atoms with Gasteiger partial charge in [0.1, 0.15) is 0 Å². The number of benzene rings is 2. The zero-order valence-corrected chi connectivity index (χ0v) is 18.7. The fraction of sp³-hybridized carbons (Fsp3) is 0.273. The summed E-state index contributed by atoms with van der Waals surface area (Å²) in [6.45, 7) is 3.52. The van der Waals surface area contributed by atoms with Gasteiger partial charge in [-0.2, -0.15) is 4.31 Å². The van der Waals surface area contributed by atoms with Gasteiger partial charge in [0.05, 0.1) is 34.4 Å². The number of nitrogens with zero attached hydrogens (tertiary/aromatic N) is 2. The van der Waals surface area contributed by atoms with Gasteiger partial charge in [-0.3, -0.25) is 4.79 Å². The van der Waals surface area contributed by atoms with Crippen LogP contribution in [0.4, 0.5) is 5.69 Å². The van der Waals surface area contributed by atoms with Crippen molar-refractivity contribution in [3.63, 3.8) is 0 Å². The van der Waals surface area contributed by atoms with Crippen molar-refractivity contribution in [2.75, 3.05) is 37.4 Å². The molecule has 1 aliphatic rings. The molecule has 0 radical (unpaired) electrons. The van der Waals surface area contributed by atoms with E-state index in [1.807, 2.05) is 37.3 Å². The summed E-state index contributed by atoms with van der Waals surface area (Å²) >= 11 is 1.37. The van der Waals surface area contributed by atoms with Crippen LogP contribution >= 0.6 is 11.8 Å². The second kappa shape index (κ2) is 9.35. The van der Waals surface area contributed by atoms with Crippen LogP contribution in [0.1, 0.15) is 5.56 Å². The van der Waals surface area contributed by atoms with Crippen molar-refractivity contribution in [3.8, 4) is 0 Å². The fourth-order valence-electron chi connectivity index (χ4n) is 3.38. The van der Waals surface area contributed by atoms with Crippen molar-refractivity contribution < 1.29 is 17.9 Å². The van der Waals surface area contributed by atoms with E-state index in [1.165, 1.54) is 28.2 Å². The van der Waals surface area contributed by atoms with Gasteiger partial charge in [-0.25, -0.2) is 13.4 Å². The first kappa shape index (κ1) is 21.8. The van der Waals surface area contributed by atoms with Crippen molar-refractivity contribution in [1.82, 2.24) is 9.29 Å². The number of para-hydroxylation sites is 1. The summed E-state index contributed by atoms with van der Waals surface area (Å²) in [6, 6.07) is 16.1. The normalized spacial score (nSPS) is 15.1. The van der Waals surface area contributed by atoms with Crippen molar-refractivity contribution in [1.29, 1.82) is 0 Å². The molecule has 162 valence electrons. The summed E-state index contributed by atoms with van der Waals surface area (Å²) < 4.78 is 32.0. The summed E-state index contributed by atoms with van der Waals surface area (Å²) in [5.74, 6) is 0.0277. The number of carbonyl (C=O) groups excluding carboxylic acids is 1. The second-order valence-electron chi connectivity index (χ2n) is 7.17. The molecule has 1 aromatic heterocycles. The Balaban J connectivity index is 1.37. The number of aryl methyl sites for hydroxylation is 1. The van der Waals surface area contributed by atoms with Crippen LogP contribution in [0.3, 0.4) is 0 Å². The molecule has 3 aromatic rings. The first-order valence-corrected chi connectivity index (χ1v) is 12.3. The molecule has 1 aliphatic heterocycles. The Labute approximate surface area is 185 Å². The van der Waals surface area contributed by atoms with Gasteiger partial charge in [0, 0.05) is 24.2 Å². The number of nitrogens with one attached hydrogen (secondary N) is 1. The van der Waals surface area contributed by atoms with Gasteiger partial charge in [0.15, 0.2) is 0 Å². The predicted molar refractivity (Wildman–Crippen MR) is 122 cm³/mol. The molecular weight excluding hydrogens is 434 g/mol. The first-order valence-electron chi connectivity index (χ1n) is 9.90. The summed E-state index contributed by atoms with van der Waals surface area (Å²) in [6.07, 6.45) is 0. The minimum absolute atomic E-state index is 0.179. The molecule has 7 nitrogen and oxygen atoms in total. The number of pyridine rings is 1. The molecule has 0 spiro atoms. The smallest absolute Gasteiger partial charge is 0.243 e. The number of anilines is 1. The number of amides is 1. The summed E-state index contributed by atoms with van der Waals surface area (Å²) in [4.78, 5) is 17.2. The van der Waals surface area contributed by atoms with Gasteiger partial charge in [-0.05, 0) is 48.9 Å². The topological polar surface area (TPSA) is 88.6 Å². The average molecular weight is 458 g/mol. The Morgan fingerprint density at radius 2 is 1.84 bits per heavy atom. The number of hydrogen-bond donors (Lipinski definition) is 1. The minimum Gasteiger partial charge on any atom is -0.379 e. The summed E-state index contributed by atoms with van der Waals surface area (Å²) in [5.41, 5.74) is 2.57. The molecular formula is C22H23N3O4S2. The molecule has 0 unspecified atom stereocenters. The number of thioether (sulfide) groups is 1. The van der Waals surface area contributed by atoms with Gasteiger partial charge in [0.25, 0.3) is 0 Å². The lowest BCUT2D eigenvalue weighted by Gasteiger charge is -2.26. The Morgan fingerprint density at radius 1 is 1.13 bits per heavy atom. The average Bonchev–Trinajstić information content (AvgIpc) is 2.79. The molecule has 0 saturated carbocycles. The fourth-order valence-corrected chi connectivity index (χ4v) is 5.56. The molecule has 1 N–H and O–H groups in total. The SMILES string of the molecule is Cc1cc(SCC(=O)Nc2ccc(S(=O)(=O)N3CCOCC3)cc2)nc2ccccc12. The molecule has 2 heterocycles. The third-order valence-corrected chi connectivity index (χ3v) is 7.82. The van der Waals surface area contributed by atoms with Crippen molar-refractivity contribution in [3.05, 3.63) is 60.2 Å². The van der Waals surface area contributed by atoms with E-state index in [2.05, 4.69) is 10.3 Å². The Bertz CT molecular complexity index is 1190. The highest BCUT2D eigenvalue weighted by Crippen LogP contribution is 2.24. The van der Waals surface area contributed by atoms with Crippen LogP contribution in [-0.4, -0.2) is 55.7 Å². The van der Waals surface area contributed by atoms with E-state index in [-0.39, 0.29) is 16.6 Å². The number of hydrogen-bond acceptors (Lipinski definition) is 6. The van der Waals surface area contributed by atoms with E-state index in [0.717, 1.165) is 21.5 Å². The zero-order valence-electron chi connectivity index (χ0n) is 17.1. The number of fused-ring (bicyclic) bond motifs is 1. The van der Waals surface area contributed by atoms with Crippen LogP contribution in [0, 0.1) is 6.92 Å². The number of aromatic nitrogens is 1. The third kappa shape index (κ3) is 5.07. The van der Waals surface area contributed by atoms with Crippen molar-refractivity contribution in [2.24, 2.45) is 0 Å². The third-order valence-electron chi connectivity index (χ3n) is 5.00. The second-order valence-corrected chi connectivity index (χ2v) is 10.1. The zero-order chi connectivity index (χ0) is 21.8. The molecule has 1 saturated heterocycles. The van der Waals surface area contributed by atoms with Gasteiger partial charge in [0.2, 0.25) is 15.9 Å². The lowest BCUT2D eigenvalue weighted by Crippen LogP contribution is -2.40. The minimum atomic E-state index is -3.55. The first-order chi connectivity index (χ1) is 14.9. The molecule has 1 amide bonds. The van der Waals surface area contributed by atoms with E-state index in [4.69, 9.17) is 4.74 Å². The molecule has 4 rings (SSSR count). The molecule has 31 heavy (non-hydrogen) atoms. The predicted octanol–water partition coefficient (Wildman–Crippen LogP) is 3.29. The van der Waals surface area contributed by atoms with Crippen LogP contribution in [0.5, 0.6) is 0 Å². The van der Waals surface area contributed by atoms with E-state index in [1.54, 1.807) is 12.1 Å². The van der Waals surface area contributed by atoms with Crippen LogP contribution in [0.2, 0.25) is 0 Å². The summed E-state index contributed by atoms with van der Waals surface area (Å²) in [5, 5.41) is 4.70. The molecule has 0 atom stereocenters. The molecule has 9 heteroatoms. The van der Waals surface area contributed by atoms with E-state index in [9.17, 15) is 13.2 Å². The Kier molecular flexibility index (Phi) is 6.57. The number of carbonyl (C=O) groups is 1. The Morgan fingerprint density at radius 3 is 2.58 bits per heavy atom. The van der Waals surface area contributed by atoms with Gasteiger partial charge < -0.3 is 10.1 Å². The number of ether oxygens (including phenoxy) is 1. The lowest BCUT2D eigenvalue weighted by atomic mass is 10.1. The van der Waals surface area contributed by atoms with Crippen LogP contribution in [0.15, 0.2) is 64.5 Å².